The summed E-state index contributed by atoms with van der Waals surface area (Å²) in [5.74, 6) is 1.16. The maximum atomic E-state index is 12.1. The first kappa shape index (κ1) is 17.8. The zero-order valence-electron chi connectivity index (χ0n) is 15.5. The number of carbonyl (C=O) groups is 1. The summed E-state index contributed by atoms with van der Waals surface area (Å²) >= 11 is 0. The first-order valence-corrected chi connectivity index (χ1v) is 9.76. The molecule has 1 N–H and O–H groups in total. The Hall–Kier alpha value is -2.63. The smallest absolute Gasteiger partial charge is 0.310 e. The fourth-order valence-electron chi connectivity index (χ4n) is 4.30. The van der Waals surface area contributed by atoms with Crippen molar-refractivity contribution < 1.29 is 9.90 Å². The summed E-state index contributed by atoms with van der Waals surface area (Å²) in [6.45, 7) is 3.43. The second-order valence-corrected chi connectivity index (χ2v) is 7.63. The van der Waals surface area contributed by atoms with Gasteiger partial charge in [0.05, 0.1) is 5.41 Å². The van der Waals surface area contributed by atoms with Crippen molar-refractivity contribution in [3.05, 3.63) is 48.3 Å². The van der Waals surface area contributed by atoms with Crippen LogP contribution in [0.1, 0.15) is 31.2 Å². The molecule has 6 nitrogen and oxygen atoms in total. The SMILES string of the molecule is O=C(O)C1(Cc2ccccc2)CCN(c2nccnc2N2CCCC2)CC1. The molecular formula is C21H26N4O2. The molecular weight excluding hydrogens is 340 g/mol. The summed E-state index contributed by atoms with van der Waals surface area (Å²) in [6.07, 6.45) is 7.68. The van der Waals surface area contributed by atoms with Crippen LogP contribution in [0, 0.1) is 5.41 Å². The van der Waals surface area contributed by atoms with E-state index in [0.717, 1.165) is 30.3 Å². The fourth-order valence-corrected chi connectivity index (χ4v) is 4.30. The number of aromatic nitrogens is 2. The van der Waals surface area contributed by atoms with Gasteiger partial charge >= 0.3 is 5.97 Å². The molecule has 0 radical (unpaired) electrons. The Labute approximate surface area is 159 Å². The van der Waals surface area contributed by atoms with Crippen LogP contribution in [0.3, 0.4) is 0 Å². The van der Waals surface area contributed by atoms with Crippen LogP contribution in [0.2, 0.25) is 0 Å². The molecule has 0 amide bonds. The Morgan fingerprint density at radius 1 is 0.926 bits per heavy atom. The second kappa shape index (κ2) is 7.55. The van der Waals surface area contributed by atoms with Gasteiger partial charge in [-0.2, -0.15) is 0 Å². The number of piperidine rings is 1. The number of hydrogen-bond donors (Lipinski definition) is 1. The molecule has 1 aromatic carbocycles. The lowest BCUT2D eigenvalue weighted by Gasteiger charge is -2.40. The number of benzene rings is 1. The van der Waals surface area contributed by atoms with Crippen molar-refractivity contribution in [1.29, 1.82) is 0 Å². The van der Waals surface area contributed by atoms with E-state index in [1.807, 2.05) is 30.3 Å². The molecule has 1 aromatic heterocycles. The molecule has 142 valence electrons. The Morgan fingerprint density at radius 3 is 2.04 bits per heavy atom. The van der Waals surface area contributed by atoms with Crippen LogP contribution in [0.4, 0.5) is 11.6 Å². The van der Waals surface area contributed by atoms with E-state index in [1.54, 1.807) is 12.4 Å². The molecule has 4 rings (SSSR count). The van der Waals surface area contributed by atoms with Crippen LogP contribution in [-0.4, -0.2) is 47.2 Å². The maximum Gasteiger partial charge on any atom is 0.310 e. The van der Waals surface area contributed by atoms with Gasteiger partial charge in [-0.3, -0.25) is 4.79 Å². The number of carboxylic acids is 1. The van der Waals surface area contributed by atoms with Gasteiger partial charge in [0, 0.05) is 38.6 Å². The molecule has 0 unspecified atom stereocenters. The standard InChI is InChI=1S/C21H26N4O2/c26-20(27)21(16-17-6-2-1-3-7-17)8-14-25(15-9-21)19-18(22-10-11-23-19)24-12-4-5-13-24/h1-3,6-7,10-11H,4-5,8-9,12-16H2,(H,26,27). The normalized spacial score (nSPS) is 19.3. The molecule has 2 aromatic rings. The highest BCUT2D eigenvalue weighted by Crippen LogP contribution is 2.38. The Morgan fingerprint density at radius 2 is 1.48 bits per heavy atom. The molecule has 0 atom stereocenters. The van der Waals surface area contributed by atoms with Gasteiger partial charge in [-0.05, 0) is 37.7 Å². The van der Waals surface area contributed by atoms with E-state index in [0.29, 0.717) is 32.4 Å². The monoisotopic (exact) mass is 366 g/mol. The predicted molar refractivity (Wildman–Crippen MR) is 105 cm³/mol. The minimum absolute atomic E-state index is 0.580. The lowest BCUT2D eigenvalue weighted by Crippen LogP contribution is -2.46. The highest BCUT2D eigenvalue weighted by atomic mass is 16.4. The van der Waals surface area contributed by atoms with Crippen LogP contribution in [0.15, 0.2) is 42.7 Å². The highest BCUT2D eigenvalue weighted by molar-refractivity contribution is 5.76. The van der Waals surface area contributed by atoms with E-state index >= 15 is 0 Å². The average Bonchev–Trinajstić information content (AvgIpc) is 3.24. The summed E-state index contributed by atoms with van der Waals surface area (Å²) in [6, 6.07) is 9.95. The molecule has 2 aliphatic rings. The number of carboxylic acid groups (broad SMARTS) is 1. The summed E-state index contributed by atoms with van der Waals surface area (Å²) in [5, 5.41) is 9.98. The van der Waals surface area contributed by atoms with Gasteiger partial charge in [0.1, 0.15) is 0 Å². The molecule has 27 heavy (non-hydrogen) atoms. The van der Waals surface area contributed by atoms with Gasteiger partial charge in [0.15, 0.2) is 11.6 Å². The molecule has 0 aliphatic carbocycles. The van der Waals surface area contributed by atoms with Crippen LogP contribution in [-0.2, 0) is 11.2 Å². The van der Waals surface area contributed by atoms with Gasteiger partial charge in [-0.15, -0.1) is 0 Å². The quantitative estimate of drug-likeness (QED) is 0.877. The molecule has 2 saturated heterocycles. The van der Waals surface area contributed by atoms with Gasteiger partial charge in [-0.1, -0.05) is 30.3 Å². The number of rotatable bonds is 5. The Kier molecular flexibility index (Phi) is 4.97. The minimum Gasteiger partial charge on any atom is -0.481 e. The number of anilines is 2. The Bertz CT molecular complexity index is 782. The summed E-state index contributed by atoms with van der Waals surface area (Å²) < 4.78 is 0. The van der Waals surface area contributed by atoms with Crippen molar-refractivity contribution >= 4 is 17.6 Å². The van der Waals surface area contributed by atoms with Gasteiger partial charge in [0.2, 0.25) is 0 Å². The molecule has 2 fully saturated rings. The maximum absolute atomic E-state index is 12.1. The van der Waals surface area contributed by atoms with Crippen LogP contribution in [0.5, 0.6) is 0 Å². The van der Waals surface area contributed by atoms with Crippen molar-refractivity contribution in [2.45, 2.75) is 32.1 Å². The average molecular weight is 366 g/mol. The van der Waals surface area contributed by atoms with E-state index in [-0.39, 0.29) is 0 Å². The molecule has 6 heteroatoms. The van der Waals surface area contributed by atoms with Crippen molar-refractivity contribution in [2.75, 3.05) is 36.0 Å². The molecule has 0 bridgehead atoms. The molecule has 0 spiro atoms. The largest absolute Gasteiger partial charge is 0.481 e. The van der Waals surface area contributed by atoms with Gasteiger partial charge < -0.3 is 14.9 Å². The topological polar surface area (TPSA) is 69.6 Å². The lowest BCUT2D eigenvalue weighted by molar-refractivity contribution is -0.150. The van der Waals surface area contributed by atoms with Crippen molar-refractivity contribution in [3.63, 3.8) is 0 Å². The third-order valence-corrected chi connectivity index (χ3v) is 5.93. The third-order valence-electron chi connectivity index (χ3n) is 5.93. The number of nitrogens with zero attached hydrogens (tertiary/aromatic N) is 4. The van der Waals surface area contributed by atoms with E-state index < -0.39 is 11.4 Å². The van der Waals surface area contributed by atoms with E-state index in [2.05, 4.69) is 19.8 Å². The van der Waals surface area contributed by atoms with E-state index in [1.165, 1.54) is 12.8 Å². The summed E-state index contributed by atoms with van der Waals surface area (Å²) in [5.41, 5.74) is 0.388. The van der Waals surface area contributed by atoms with Gasteiger partial charge in [0.25, 0.3) is 0 Å². The zero-order chi connectivity index (χ0) is 18.7. The summed E-state index contributed by atoms with van der Waals surface area (Å²) in [4.78, 5) is 25.8. The lowest BCUT2D eigenvalue weighted by atomic mass is 9.74. The Balaban J connectivity index is 1.52. The molecule has 0 saturated carbocycles. The number of aliphatic carboxylic acids is 1. The predicted octanol–water partition coefficient (Wildman–Crippen LogP) is 2.99. The highest BCUT2D eigenvalue weighted by Gasteiger charge is 2.42. The van der Waals surface area contributed by atoms with Crippen molar-refractivity contribution in [3.8, 4) is 0 Å². The number of hydrogen-bond acceptors (Lipinski definition) is 5. The molecule has 2 aliphatic heterocycles. The van der Waals surface area contributed by atoms with Gasteiger partial charge in [-0.25, -0.2) is 9.97 Å². The third kappa shape index (κ3) is 3.61. The fraction of sp³-hybridized carbons (Fsp3) is 0.476. The van der Waals surface area contributed by atoms with Crippen LogP contribution >= 0.6 is 0 Å². The van der Waals surface area contributed by atoms with Crippen molar-refractivity contribution in [1.82, 2.24) is 9.97 Å². The zero-order valence-corrected chi connectivity index (χ0v) is 15.5. The van der Waals surface area contributed by atoms with E-state index in [4.69, 9.17) is 0 Å². The second-order valence-electron chi connectivity index (χ2n) is 7.63. The van der Waals surface area contributed by atoms with E-state index in [9.17, 15) is 9.90 Å². The first-order chi connectivity index (χ1) is 13.2. The van der Waals surface area contributed by atoms with Crippen LogP contribution in [0.25, 0.3) is 0 Å². The minimum atomic E-state index is -0.701. The first-order valence-electron chi connectivity index (χ1n) is 9.76. The van der Waals surface area contributed by atoms with Crippen molar-refractivity contribution in [2.24, 2.45) is 5.41 Å². The summed E-state index contributed by atoms with van der Waals surface area (Å²) in [7, 11) is 0. The molecule has 3 heterocycles. The van der Waals surface area contributed by atoms with Crippen LogP contribution < -0.4 is 9.80 Å².